The topological polar surface area (TPSA) is 55.3 Å². The van der Waals surface area contributed by atoms with Gasteiger partial charge in [-0.15, -0.1) is 0 Å². The number of quaternary nitrogens is 1. The van der Waals surface area contributed by atoms with Crippen LogP contribution in [-0.4, -0.2) is 36.0 Å². The molecule has 6 heteroatoms. The number of hydrogen-bond donors (Lipinski definition) is 1. The molecule has 2 bridgehead atoms. The number of alkyl halides is 1. The van der Waals surface area contributed by atoms with E-state index in [9.17, 15) is 0 Å². The van der Waals surface area contributed by atoms with Crippen molar-refractivity contribution >= 4 is 15.9 Å². The normalized spacial score (nSPS) is 36.8. The number of halogens is 2. The monoisotopic (exact) mass is 349 g/mol. The van der Waals surface area contributed by atoms with Crippen LogP contribution in [0.15, 0.2) is 30.3 Å². The molecule has 0 saturated carbocycles. The average molecular weight is 351 g/mol. The second-order valence-corrected chi connectivity index (χ2v) is 5.80. The fourth-order valence-corrected chi connectivity index (χ4v) is 3.01. The van der Waals surface area contributed by atoms with Gasteiger partial charge in [0.2, 0.25) is 0 Å². The summed E-state index contributed by atoms with van der Waals surface area (Å²) in [6.45, 7) is 1.18. The van der Waals surface area contributed by atoms with E-state index in [-0.39, 0.29) is 41.8 Å². The van der Waals surface area contributed by atoms with Crippen molar-refractivity contribution in [3.8, 4) is 0 Å². The lowest BCUT2D eigenvalue weighted by molar-refractivity contribution is -0.456. The molecule has 1 aromatic rings. The molecule has 106 valence electrons. The van der Waals surface area contributed by atoms with E-state index < -0.39 is 0 Å². The molecule has 2 fully saturated rings. The van der Waals surface area contributed by atoms with Crippen LogP contribution in [0.5, 0.6) is 0 Å². The van der Waals surface area contributed by atoms with Crippen LogP contribution < -0.4 is 18.1 Å². The predicted molar refractivity (Wildman–Crippen MR) is 69.0 cm³/mol. The fraction of sp³-hybridized carbons (Fsp3) is 0.538. The maximum atomic E-state index is 5.98. The van der Waals surface area contributed by atoms with Gasteiger partial charge in [0.25, 0.3) is 0 Å². The van der Waals surface area contributed by atoms with Crippen molar-refractivity contribution in [3.63, 3.8) is 0 Å². The molecule has 0 aliphatic carbocycles. The Balaban J connectivity index is 0.00000133. The van der Waals surface area contributed by atoms with Gasteiger partial charge in [0.1, 0.15) is 23.1 Å². The largest absolute Gasteiger partial charge is 1.00 e. The van der Waals surface area contributed by atoms with Crippen LogP contribution in [0.3, 0.4) is 0 Å². The molecule has 3 N–H and O–H groups in total. The quantitative estimate of drug-likeness (QED) is 0.624. The highest BCUT2D eigenvalue weighted by Gasteiger charge is 2.51. The summed E-state index contributed by atoms with van der Waals surface area (Å²) >= 11 is 3.58. The van der Waals surface area contributed by atoms with Crippen LogP contribution in [0.1, 0.15) is 5.56 Å². The van der Waals surface area contributed by atoms with E-state index in [0.717, 1.165) is 5.56 Å². The third-order valence-electron chi connectivity index (χ3n) is 3.48. The Labute approximate surface area is 127 Å². The van der Waals surface area contributed by atoms with Crippen molar-refractivity contribution in [2.24, 2.45) is 0 Å². The van der Waals surface area contributed by atoms with Crippen LogP contribution >= 0.6 is 15.9 Å². The maximum Gasteiger partial charge on any atom is 0.176 e. The van der Waals surface area contributed by atoms with E-state index in [2.05, 4.69) is 33.8 Å². The van der Waals surface area contributed by atoms with Gasteiger partial charge < -0.3 is 32.4 Å². The van der Waals surface area contributed by atoms with Crippen LogP contribution in [0, 0.1) is 0 Å². The summed E-state index contributed by atoms with van der Waals surface area (Å²) in [5.74, 6) is 0. The molecule has 4 nitrogen and oxygen atoms in total. The molecule has 2 aliphatic heterocycles. The van der Waals surface area contributed by atoms with Gasteiger partial charge in [0.05, 0.1) is 13.2 Å². The number of fused-ring (bicyclic) bond motifs is 2. The molecule has 19 heavy (non-hydrogen) atoms. The van der Waals surface area contributed by atoms with Gasteiger partial charge in [0.15, 0.2) is 6.29 Å². The molecule has 3 rings (SSSR count). The lowest BCUT2D eigenvalue weighted by Crippen LogP contribution is -3.00. The first-order valence-electron chi connectivity index (χ1n) is 6.15. The molecule has 1 aromatic carbocycles. The van der Waals surface area contributed by atoms with Crippen molar-refractivity contribution in [1.29, 1.82) is 0 Å². The standard InChI is InChI=1S/C13H16BrNO3.ClH/c14-10-11(15)12(9-7-17-13(10)18-9)16-6-8-4-2-1-3-5-8;/h1-5,9-13H,6-7,15H2;1H/t9-,10-,11-,12-,13-;/m1./s1. The minimum atomic E-state index is -0.172. The SMILES string of the molecule is [Cl-].[NH3+][C@@H]1[C@@H](Br)[C@@H]2OC[C@@H](O2)[C@H]1OCc1ccccc1. The van der Waals surface area contributed by atoms with Gasteiger partial charge in [-0.2, -0.15) is 0 Å². The van der Waals surface area contributed by atoms with E-state index in [0.29, 0.717) is 13.2 Å². The molecule has 5 atom stereocenters. The van der Waals surface area contributed by atoms with Crippen LogP contribution in [0.2, 0.25) is 0 Å². The molecule has 0 amide bonds. The molecule has 2 aliphatic rings. The molecule has 0 spiro atoms. The second kappa shape index (κ2) is 6.52. The van der Waals surface area contributed by atoms with Crippen LogP contribution in [0.25, 0.3) is 0 Å². The Morgan fingerprint density at radius 1 is 1.32 bits per heavy atom. The lowest BCUT2D eigenvalue weighted by Gasteiger charge is -2.33. The smallest absolute Gasteiger partial charge is 0.176 e. The van der Waals surface area contributed by atoms with Gasteiger partial charge in [0, 0.05) is 0 Å². The molecular weight excluding hydrogens is 334 g/mol. The molecule has 2 saturated heterocycles. The number of ether oxygens (including phenoxy) is 3. The fourth-order valence-electron chi connectivity index (χ4n) is 2.44. The third-order valence-corrected chi connectivity index (χ3v) is 4.59. The molecule has 0 unspecified atom stereocenters. The highest BCUT2D eigenvalue weighted by Crippen LogP contribution is 2.32. The van der Waals surface area contributed by atoms with E-state index >= 15 is 0 Å². The van der Waals surface area contributed by atoms with Gasteiger partial charge in [-0.1, -0.05) is 46.3 Å². The maximum absolute atomic E-state index is 5.98. The Morgan fingerprint density at radius 2 is 2.05 bits per heavy atom. The van der Waals surface area contributed by atoms with E-state index in [1.807, 2.05) is 18.2 Å². The number of benzene rings is 1. The summed E-state index contributed by atoms with van der Waals surface area (Å²) in [5, 5.41) is 0. The molecule has 2 heterocycles. The first-order valence-corrected chi connectivity index (χ1v) is 7.07. The van der Waals surface area contributed by atoms with Gasteiger partial charge in [-0.3, -0.25) is 0 Å². The minimum Gasteiger partial charge on any atom is -1.00 e. The van der Waals surface area contributed by atoms with Crippen LogP contribution in [-0.2, 0) is 20.8 Å². The van der Waals surface area contributed by atoms with E-state index in [1.165, 1.54) is 0 Å². The summed E-state index contributed by atoms with van der Waals surface area (Å²) in [6, 6.07) is 10.3. The molecule has 0 aromatic heterocycles. The van der Waals surface area contributed by atoms with Crippen molar-refractivity contribution in [3.05, 3.63) is 35.9 Å². The highest BCUT2D eigenvalue weighted by molar-refractivity contribution is 9.09. The summed E-state index contributed by atoms with van der Waals surface area (Å²) in [6.07, 6.45) is -0.183. The Bertz CT molecular complexity index is 408. The van der Waals surface area contributed by atoms with Gasteiger partial charge >= 0.3 is 0 Å². The minimum absolute atomic E-state index is 0. The molecule has 0 radical (unpaired) electrons. The van der Waals surface area contributed by atoms with Crippen molar-refractivity contribution in [1.82, 2.24) is 0 Å². The lowest BCUT2D eigenvalue weighted by atomic mass is 10.0. The summed E-state index contributed by atoms with van der Waals surface area (Å²) in [5.41, 5.74) is 5.34. The average Bonchev–Trinajstić information content (AvgIpc) is 2.84. The Kier molecular flexibility index (Phi) is 5.22. The van der Waals surface area contributed by atoms with Crippen molar-refractivity contribution < 1.29 is 32.4 Å². The first kappa shape index (κ1) is 15.2. The van der Waals surface area contributed by atoms with E-state index in [4.69, 9.17) is 14.2 Å². The van der Waals surface area contributed by atoms with Crippen LogP contribution in [0.4, 0.5) is 0 Å². The first-order chi connectivity index (χ1) is 8.75. The summed E-state index contributed by atoms with van der Waals surface area (Å²) < 4.78 is 17.3. The van der Waals surface area contributed by atoms with Gasteiger partial charge in [-0.25, -0.2) is 0 Å². The Morgan fingerprint density at radius 3 is 2.79 bits per heavy atom. The third kappa shape index (κ3) is 3.12. The second-order valence-electron chi connectivity index (χ2n) is 4.75. The summed E-state index contributed by atoms with van der Waals surface area (Å²) in [4.78, 5) is 0.0945. The molecular formula is C13H17BrClNO3. The zero-order chi connectivity index (χ0) is 12.5. The van der Waals surface area contributed by atoms with E-state index in [1.54, 1.807) is 0 Å². The Hall–Kier alpha value is -0.170. The predicted octanol–water partition coefficient (Wildman–Crippen LogP) is -2.30. The van der Waals surface area contributed by atoms with Crippen molar-refractivity contribution in [2.75, 3.05) is 6.61 Å². The van der Waals surface area contributed by atoms with Crippen molar-refractivity contribution in [2.45, 2.75) is 36.0 Å². The highest BCUT2D eigenvalue weighted by atomic mass is 79.9. The summed E-state index contributed by atoms with van der Waals surface area (Å²) in [7, 11) is 0. The van der Waals surface area contributed by atoms with Gasteiger partial charge in [-0.05, 0) is 5.56 Å². The number of hydrogen-bond acceptors (Lipinski definition) is 3. The zero-order valence-corrected chi connectivity index (χ0v) is 12.7. The number of rotatable bonds is 3. The zero-order valence-electron chi connectivity index (χ0n) is 10.4.